The third-order valence-corrected chi connectivity index (χ3v) is 5.74. The summed E-state index contributed by atoms with van der Waals surface area (Å²) in [5.41, 5.74) is 8.87. The van der Waals surface area contributed by atoms with E-state index in [1.165, 1.54) is 11.3 Å². The Hall–Kier alpha value is -2.71. The molecule has 3 aromatic rings. The zero-order valence-electron chi connectivity index (χ0n) is 17.6. The van der Waals surface area contributed by atoms with Gasteiger partial charge in [-0.05, 0) is 50.1 Å². The van der Waals surface area contributed by atoms with Crippen molar-refractivity contribution in [3.05, 3.63) is 47.1 Å². The van der Waals surface area contributed by atoms with Crippen LogP contribution in [0, 0.1) is 0 Å². The minimum Gasteiger partial charge on any atom is -0.497 e. The summed E-state index contributed by atoms with van der Waals surface area (Å²) in [6, 6.07) is 7.79. The van der Waals surface area contributed by atoms with Gasteiger partial charge in [-0.3, -0.25) is 4.79 Å². The summed E-state index contributed by atoms with van der Waals surface area (Å²) < 4.78 is 6.98. The number of nitrogens with zero attached hydrogens (tertiary/aromatic N) is 3. The van der Waals surface area contributed by atoms with E-state index in [1.807, 2.05) is 36.6 Å². The van der Waals surface area contributed by atoms with Crippen LogP contribution in [-0.4, -0.2) is 40.9 Å². The highest BCUT2D eigenvalue weighted by molar-refractivity contribution is 7.12. The third kappa shape index (κ3) is 5.25. The molecule has 0 atom stereocenters. The van der Waals surface area contributed by atoms with Crippen molar-refractivity contribution in [1.29, 1.82) is 0 Å². The average molecular weight is 428 g/mol. The van der Waals surface area contributed by atoms with E-state index in [4.69, 9.17) is 15.5 Å². The van der Waals surface area contributed by atoms with E-state index in [0.717, 1.165) is 60.1 Å². The van der Waals surface area contributed by atoms with Crippen LogP contribution in [-0.2, 0) is 6.42 Å². The third-order valence-electron chi connectivity index (χ3n) is 4.92. The van der Waals surface area contributed by atoms with Crippen molar-refractivity contribution >= 4 is 17.2 Å². The molecule has 1 amide bonds. The van der Waals surface area contributed by atoms with Crippen LogP contribution >= 0.6 is 11.3 Å². The van der Waals surface area contributed by atoms with Crippen LogP contribution in [0.2, 0.25) is 0 Å². The maximum absolute atomic E-state index is 12.6. The van der Waals surface area contributed by atoms with Crippen molar-refractivity contribution in [3.8, 4) is 22.1 Å². The number of carbonyl (C=O) groups excluding carboxylic acids is 1. The lowest BCUT2D eigenvalue weighted by Crippen LogP contribution is -2.25. The van der Waals surface area contributed by atoms with Gasteiger partial charge in [0.25, 0.3) is 5.91 Å². The molecule has 160 valence electrons. The van der Waals surface area contributed by atoms with Crippen molar-refractivity contribution in [1.82, 2.24) is 20.1 Å². The maximum atomic E-state index is 12.6. The van der Waals surface area contributed by atoms with Crippen molar-refractivity contribution in [2.24, 2.45) is 5.73 Å². The Morgan fingerprint density at radius 1 is 1.20 bits per heavy atom. The largest absolute Gasteiger partial charge is 0.497 e. The molecule has 0 aliphatic rings. The Kier molecular flexibility index (Phi) is 7.98. The molecular formula is C22H29N5O2S. The van der Waals surface area contributed by atoms with Crippen molar-refractivity contribution in [3.63, 3.8) is 0 Å². The number of carbonyl (C=O) groups is 1. The summed E-state index contributed by atoms with van der Waals surface area (Å²) in [4.78, 5) is 17.4. The van der Waals surface area contributed by atoms with Gasteiger partial charge in [-0.2, -0.15) is 5.10 Å². The predicted octanol–water partition coefficient (Wildman–Crippen LogP) is 3.82. The summed E-state index contributed by atoms with van der Waals surface area (Å²) in [7, 11) is 1.65. The molecule has 2 aromatic heterocycles. The van der Waals surface area contributed by atoms with Gasteiger partial charge in [0.1, 0.15) is 5.75 Å². The monoisotopic (exact) mass is 427 g/mol. The number of thiazole rings is 1. The summed E-state index contributed by atoms with van der Waals surface area (Å²) in [6.07, 6.45) is 6.50. The van der Waals surface area contributed by atoms with E-state index in [2.05, 4.69) is 10.4 Å². The summed E-state index contributed by atoms with van der Waals surface area (Å²) in [5, 5.41) is 10.2. The second kappa shape index (κ2) is 10.9. The lowest BCUT2D eigenvalue weighted by Gasteiger charge is -2.07. The fourth-order valence-electron chi connectivity index (χ4n) is 3.24. The number of nitrogens with two attached hydrogens (primary N) is 1. The molecule has 0 saturated carbocycles. The normalized spacial score (nSPS) is 10.9. The lowest BCUT2D eigenvalue weighted by atomic mass is 10.1. The minimum absolute atomic E-state index is 0.0798. The van der Waals surface area contributed by atoms with Crippen LogP contribution in [0.3, 0.4) is 0 Å². The Bertz CT molecular complexity index is 949. The van der Waals surface area contributed by atoms with Gasteiger partial charge in [-0.1, -0.05) is 19.8 Å². The highest BCUT2D eigenvalue weighted by atomic mass is 32.1. The molecule has 8 heteroatoms. The predicted molar refractivity (Wildman–Crippen MR) is 120 cm³/mol. The Labute approximate surface area is 181 Å². The first-order valence-corrected chi connectivity index (χ1v) is 11.2. The van der Waals surface area contributed by atoms with Gasteiger partial charge in [0.05, 0.1) is 30.3 Å². The fourth-order valence-corrected chi connectivity index (χ4v) is 4.06. The standard InChI is InChI=1S/C22H29N5O2S/c1-3-20-18(21(28)24-13-7-5-4-6-12-23)14-25-27(20)22-26-19(15-30-22)16-8-10-17(29-2)11-9-16/h8-11,14-15H,3-7,12-13,23H2,1-2H3,(H,24,28). The molecule has 0 aliphatic heterocycles. The van der Waals surface area contributed by atoms with Crippen LogP contribution in [0.25, 0.3) is 16.4 Å². The Balaban J connectivity index is 1.69. The topological polar surface area (TPSA) is 95.1 Å². The zero-order valence-corrected chi connectivity index (χ0v) is 18.4. The van der Waals surface area contributed by atoms with E-state index >= 15 is 0 Å². The highest BCUT2D eigenvalue weighted by Gasteiger charge is 2.18. The van der Waals surface area contributed by atoms with E-state index in [9.17, 15) is 4.79 Å². The van der Waals surface area contributed by atoms with Crippen LogP contribution in [0.1, 0.15) is 48.7 Å². The number of unbranched alkanes of at least 4 members (excludes halogenated alkanes) is 3. The molecule has 0 saturated heterocycles. The molecule has 0 spiro atoms. The Morgan fingerprint density at radius 3 is 2.67 bits per heavy atom. The molecular weight excluding hydrogens is 398 g/mol. The summed E-state index contributed by atoms with van der Waals surface area (Å²) in [6.45, 7) is 3.41. The van der Waals surface area contributed by atoms with E-state index < -0.39 is 0 Å². The van der Waals surface area contributed by atoms with Crippen LogP contribution in [0.15, 0.2) is 35.8 Å². The smallest absolute Gasteiger partial charge is 0.254 e. The highest BCUT2D eigenvalue weighted by Crippen LogP contribution is 2.27. The number of hydrogen-bond donors (Lipinski definition) is 2. The summed E-state index contributed by atoms with van der Waals surface area (Å²) in [5.74, 6) is 0.730. The number of aromatic nitrogens is 3. The van der Waals surface area contributed by atoms with E-state index in [1.54, 1.807) is 18.0 Å². The van der Waals surface area contributed by atoms with Gasteiger partial charge in [0.2, 0.25) is 5.13 Å². The molecule has 7 nitrogen and oxygen atoms in total. The number of ether oxygens (including phenoxy) is 1. The molecule has 2 heterocycles. The molecule has 1 aromatic carbocycles. The summed E-state index contributed by atoms with van der Waals surface area (Å²) >= 11 is 1.51. The molecule has 0 fully saturated rings. The second-order valence-electron chi connectivity index (χ2n) is 6.97. The SMILES string of the molecule is CCc1c(C(=O)NCCCCCCN)cnn1-c1nc(-c2ccc(OC)cc2)cs1. The van der Waals surface area contributed by atoms with Gasteiger partial charge in [-0.25, -0.2) is 9.67 Å². The number of nitrogens with one attached hydrogen (secondary N) is 1. The number of hydrogen-bond acceptors (Lipinski definition) is 6. The quantitative estimate of drug-likeness (QED) is 0.454. The molecule has 3 N–H and O–H groups in total. The van der Waals surface area contributed by atoms with E-state index in [0.29, 0.717) is 18.5 Å². The first kappa shape index (κ1) is 22.0. The number of amides is 1. The van der Waals surface area contributed by atoms with E-state index in [-0.39, 0.29) is 5.91 Å². The number of methoxy groups -OCH3 is 1. The van der Waals surface area contributed by atoms with Gasteiger partial charge in [-0.15, -0.1) is 11.3 Å². The molecule has 30 heavy (non-hydrogen) atoms. The number of rotatable bonds is 11. The van der Waals surface area contributed by atoms with Crippen molar-refractivity contribution in [2.75, 3.05) is 20.2 Å². The van der Waals surface area contributed by atoms with Gasteiger partial charge in [0, 0.05) is 17.5 Å². The maximum Gasteiger partial charge on any atom is 0.254 e. The van der Waals surface area contributed by atoms with Crippen LogP contribution in [0.5, 0.6) is 5.75 Å². The molecule has 0 unspecified atom stereocenters. The lowest BCUT2D eigenvalue weighted by molar-refractivity contribution is 0.0952. The Morgan fingerprint density at radius 2 is 1.97 bits per heavy atom. The zero-order chi connectivity index (χ0) is 21.3. The van der Waals surface area contributed by atoms with Crippen LogP contribution in [0.4, 0.5) is 0 Å². The van der Waals surface area contributed by atoms with Gasteiger partial charge in [0.15, 0.2) is 0 Å². The fraction of sp³-hybridized carbons (Fsp3) is 0.409. The molecule has 3 rings (SSSR count). The van der Waals surface area contributed by atoms with Crippen LogP contribution < -0.4 is 15.8 Å². The molecule has 0 bridgehead atoms. The minimum atomic E-state index is -0.0798. The molecule has 0 radical (unpaired) electrons. The van der Waals surface area contributed by atoms with Crippen molar-refractivity contribution < 1.29 is 9.53 Å². The second-order valence-corrected chi connectivity index (χ2v) is 7.81. The first-order valence-electron chi connectivity index (χ1n) is 10.3. The van der Waals surface area contributed by atoms with Crippen molar-refractivity contribution in [2.45, 2.75) is 39.0 Å². The first-order chi connectivity index (χ1) is 14.7. The van der Waals surface area contributed by atoms with Gasteiger partial charge < -0.3 is 15.8 Å². The van der Waals surface area contributed by atoms with Gasteiger partial charge >= 0.3 is 0 Å². The number of benzene rings is 1. The average Bonchev–Trinajstić information content (AvgIpc) is 3.43. The molecule has 0 aliphatic carbocycles.